The first-order valence-electron chi connectivity index (χ1n) is 6.74. The van der Waals surface area contributed by atoms with Gasteiger partial charge in [0.15, 0.2) is 0 Å². The minimum atomic E-state index is -0.0828. The molecule has 0 saturated carbocycles. The van der Waals surface area contributed by atoms with Crippen LogP contribution in [-0.2, 0) is 11.3 Å². The Balaban J connectivity index is 1.85. The van der Waals surface area contributed by atoms with Gasteiger partial charge in [0.2, 0.25) is 5.91 Å². The van der Waals surface area contributed by atoms with E-state index in [4.69, 9.17) is 5.26 Å². The average Bonchev–Trinajstić information content (AvgIpc) is 2.53. The standard InChI is InChI=1S/C17H17N3O/c1-13-7-8-15(10-18)9-16(13)19-12-17(21)20-11-14-5-3-2-4-6-14/h2-9,19H,11-12H2,1H3,(H,20,21). The van der Waals surface area contributed by atoms with E-state index in [1.54, 1.807) is 12.1 Å². The number of nitrogens with one attached hydrogen (secondary N) is 2. The molecular weight excluding hydrogens is 262 g/mol. The van der Waals surface area contributed by atoms with Crippen molar-refractivity contribution in [3.63, 3.8) is 0 Å². The molecule has 0 aliphatic rings. The van der Waals surface area contributed by atoms with E-state index in [1.807, 2.05) is 43.3 Å². The lowest BCUT2D eigenvalue weighted by atomic mass is 10.1. The van der Waals surface area contributed by atoms with Gasteiger partial charge in [-0.05, 0) is 30.2 Å². The quantitative estimate of drug-likeness (QED) is 0.884. The molecule has 2 aromatic carbocycles. The third-order valence-electron chi connectivity index (χ3n) is 3.14. The number of hydrogen-bond acceptors (Lipinski definition) is 3. The van der Waals surface area contributed by atoms with Crippen LogP contribution >= 0.6 is 0 Å². The molecule has 0 bridgehead atoms. The van der Waals surface area contributed by atoms with Gasteiger partial charge in [0.05, 0.1) is 18.2 Å². The summed E-state index contributed by atoms with van der Waals surface area (Å²) in [6.45, 7) is 2.63. The monoisotopic (exact) mass is 279 g/mol. The fourth-order valence-corrected chi connectivity index (χ4v) is 1.92. The van der Waals surface area contributed by atoms with E-state index in [2.05, 4.69) is 16.7 Å². The topological polar surface area (TPSA) is 64.9 Å². The summed E-state index contributed by atoms with van der Waals surface area (Å²) in [4.78, 5) is 11.8. The van der Waals surface area contributed by atoms with Crippen LogP contribution in [0.3, 0.4) is 0 Å². The molecule has 2 N–H and O–H groups in total. The van der Waals surface area contributed by atoms with E-state index < -0.39 is 0 Å². The first-order chi connectivity index (χ1) is 10.2. The highest BCUT2D eigenvalue weighted by atomic mass is 16.1. The molecule has 0 heterocycles. The number of carbonyl (C=O) groups excluding carboxylic acids is 1. The number of nitrogens with zero attached hydrogens (tertiary/aromatic N) is 1. The second-order valence-corrected chi connectivity index (χ2v) is 4.76. The maximum Gasteiger partial charge on any atom is 0.239 e. The molecule has 4 heteroatoms. The molecule has 0 spiro atoms. The van der Waals surface area contributed by atoms with Crippen molar-refractivity contribution < 1.29 is 4.79 Å². The normalized spacial score (nSPS) is 9.71. The van der Waals surface area contributed by atoms with Crippen LogP contribution in [0.5, 0.6) is 0 Å². The summed E-state index contributed by atoms with van der Waals surface area (Å²) in [7, 11) is 0. The second kappa shape index (κ2) is 7.11. The fourth-order valence-electron chi connectivity index (χ4n) is 1.92. The fraction of sp³-hybridized carbons (Fsp3) is 0.176. The molecule has 0 aliphatic carbocycles. The summed E-state index contributed by atoms with van der Waals surface area (Å²) >= 11 is 0. The summed E-state index contributed by atoms with van der Waals surface area (Å²) in [5, 5.41) is 14.8. The van der Waals surface area contributed by atoms with Gasteiger partial charge < -0.3 is 10.6 Å². The maximum absolute atomic E-state index is 11.8. The molecule has 0 aromatic heterocycles. The third-order valence-corrected chi connectivity index (χ3v) is 3.14. The van der Waals surface area contributed by atoms with Crippen LogP contribution in [0.2, 0.25) is 0 Å². The predicted molar refractivity (Wildman–Crippen MR) is 82.7 cm³/mol. The molecule has 0 fully saturated rings. The van der Waals surface area contributed by atoms with Crippen molar-refractivity contribution in [3.8, 4) is 6.07 Å². The molecular formula is C17H17N3O. The van der Waals surface area contributed by atoms with Gasteiger partial charge in [0.1, 0.15) is 0 Å². The molecule has 0 saturated heterocycles. The van der Waals surface area contributed by atoms with Crippen LogP contribution in [0.25, 0.3) is 0 Å². The van der Waals surface area contributed by atoms with Gasteiger partial charge in [0.25, 0.3) is 0 Å². The Kier molecular flexibility index (Phi) is 4.94. The Labute approximate surface area is 124 Å². The number of benzene rings is 2. The largest absolute Gasteiger partial charge is 0.376 e. The van der Waals surface area contributed by atoms with E-state index in [0.717, 1.165) is 16.8 Å². The van der Waals surface area contributed by atoms with Crippen molar-refractivity contribution in [3.05, 3.63) is 65.2 Å². The zero-order valence-corrected chi connectivity index (χ0v) is 11.9. The number of anilines is 1. The van der Waals surface area contributed by atoms with Crippen LogP contribution in [0.15, 0.2) is 48.5 Å². The second-order valence-electron chi connectivity index (χ2n) is 4.76. The highest BCUT2D eigenvalue weighted by molar-refractivity contribution is 5.81. The Hall–Kier alpha value is -2.80. The number of nitriles is 1. The van der Waals surface area contributed by atoms with Crippen LogP contribution in [0.4, 0.5) is 5.69 Å². The summed E-state index contributed by atoms with van der Waals surface area (Å²) in [6, 6.07) is 17.2. The smallest absolute Gasteiger partial charge is 0.239 e. The Morgan fingerprint density at radius 1 is 1.19 bits per heavy atom. The molecule has 2 rings (SSSR count). The molecule has 4 nitrogen and oxygen atoms in total. The predicted octanol–water partition coefficient (Wildman–Crippen LogP) is 2.60. The summed E-state index contributed by atoms with van der Waals surface area (Å²) < 4.78 is 0. The van der Waals surface area contributed by atoms with Crippen LogP contribution in [0.1, 0.15) is 16.7 Å². The van der Waals surface area contributed by atoms with Crippen LogP contribution in [0, 0.1) is 18.3 Å². The zero-order chi connectivity index (χ0) is 15.1. The summed E-state index contributed by atoms with van der Waals surface area (Å²) in [5.41, 5.74) is 3.45. The summed E-state index contributed by atoms with van der Waals surface area (Å²) in [6.07, 6.45) is 0. The van der Waals surface area contributed by atoms with E-state index in [1.165, 1.54) is 0 Å². The van der Waals surface area contributed by atoms with Crippen molar-refractivity contribution >= 4 is 11.6 Å². The minimum Gasteiger partial charge on any atom is -0.376 e. The Morgan fingerprint density at radius 3 is 2.67 bits per heavy atom. The van der Waals surface area contributed by atoms with Gasteiger partial charge >= 0.3 is 0 Å². The van der Waals surface area contributed by atoms with Gasteiger partial charge in [-0.15, -0.1) is 0 Å². The number of amides is 1. The van der Waals surface area contributed by atoms with E-state index in [-0.39, 0.29) is 12.5 Å². The van der Waals surface area contributed by atoms with Gasteiger partial charge in [-0.3, -0.25) is 4.79 Å². The summed E-state index contributed by atoms with van der Waals surface area (Å²) in [5.74, 6) is -0.0828. The third kappa shape index (κ3) is 4.36. The number of aryl methyl sites for hydroxylation is 1. The van der Waals surface area contributed by atoms with Gasteiger partial charge in [-0.2, -0.15) is 5.26 Å². The van der Waals surface area contributed by atoms with Crippen molar-refractivity contribution in [2.24, 2.45) is 0 Å². The highest BCUT2D eigenvalue weighted by Crippen LogP contribution is 2.15. The van der Waals surface area contributed by atoms with Gasteiger partial charge in [-0.25, -0.2) is 0 Å². The Morgan fingerprint density at radius 2 is 1.95 bits per heavy atom. The number of carbonyl (C=O) groups is 1. The molecule has 1 amide bonds. The zero-order valence-electron chi connectivity index (χ0n) is 11.9. The highest BCUT2D eigenvalue weighted by Gasteiger charge is 2.04. The molecule has 21 heavy (non-hydrogen) atoms. The van der Waals surface area contributed by atoms with Crippen molar-refractivity contribution in [1.29, 1.82) is 5.26 Å². The van der Waals surface area contributed by atoms with E-state index >= 15 is 0 Å². The molecule has 0 aliphatic heterocycles. The van der Waals surface area contributed by atoms with Crippen molar-refractivity contribution in [2.75, 3.05) is 11.9 Å². The van der Waals surface area contributed by atoms with E-state index in [9.17, 15) is 4.79 Å². The van der Waals surface area contributed by atoms with Gasteiger partial charge in [0, 0.05) is 12.2 Å². The SMILES string of the molecule is Cc1ccc(C#N)cc1NCC(=O)NCc1ccccc1. The lowest BCUT2D eigenvalue weighted by Gasteiger charge is -2.10. The first kappa shape index (κ1) is 14.6. The molecule has 0 unspecified atom stereocenters. The molecule has 0 radical (unpaired) electrons. The average molecular weight is 279 g/mol. The number of rotatable bonds is 5. The van der Waals surface area contributed by atoms with Crippen LogP contribution < -0.4 is 10.6 Å². The lowest BCUT2D eigenvalue weighted by molar-refractivity contribution is -0.119. The lowest BCUT2D eigenvalue weighted by Crippen LogP contribution is -2.29. The Bertz CT molecular complexity index is 659. The van der Waals surface area contributed by atoms with Crippen molar-refractivity contribution in [1.82, 2.24) is 5.32 Å². The van der Waals surface area contributed by atoms with E-state index in [0.29, 0.717) is 12.1 Å². The minimum absolute atomic E-state index is 0.0828. The van der Waals surface area contributed by atoms with Crippen molar-refractivity contribution in [2.45, 2.75) is 13.5 Å². The molecule has 2 aromatic rings. The maximum atomic E-state index is 11.8. The van der Waals surface area contributed by atoms with Crippen LogP contribution in [-0.4, -0.2) is 12.5 Å². The molecule has 0 atom stereocenters. The molecule has 106 valence electrons. The number of hydrogen-bond donors (Lipinski definition) is 2. The first-order valence-corrected chi connectivity index (χ1v) is 6.74. The van der Waals surface area contributed by atoms with Gasteiger partial charge in [-0.1, -0.05) is 36.4 Å².